The van der Waals surface area contributed by atoms with Gasteiger partial charge in [-0.25, -0.2) is 0 Å². The summed E-state index contributed by atoms with van der Waals surface area (Å²) in [6.07, 6.45) is 0. The lowest BCUT2D eigenvalue weighted by Gasteiger charge is -2.20. The van der Waals surface area contributed by atoms with Crippen LogP contribution in [0.15, 0.2) is 66.7 Å². The number of nitrogens with one attached hydrogen (secondary N) is 2. The maximum absolute atomic E-state index is 13.1. The molecule has 36 heavy (non-hydrogen) atoms. The number of nitrogens with zero attached hydrogens (tertiary/aromatic N) is 1. The van der Waals surface area contributed by atoms with Crippen molar-refractivity contribution in [1.82, 2.24) is 4.90 Å². The van der Waals surface area contributed by atoms with Gasteiger partial charge in [0, 0.05) is 12.2 Å². The van der Waals surface area contributed by atoms with E-state index in [0.29, 0.717) is 46.4 Å². The fourth-order valence-electron chi connectivity index (χ4n) is 3.71. The summed E-state index contributed by atoms with van der Waals surface area (Å²) in [5, 5.41) is 5.78. The van der Waals surface area contributed by atoms with Crippen LogP contribution in [0.5, 0.6) is 17.2 Å². The molecule has 2 N–H and O–H groups in total. The molecule has 8 nitrogen and oxygen atoms in total. The largest absolute Gasteiger partial charge is 0.496 e. The Balaban J connectivity index is 1.86. The Labute approximate surface area is 212 Å². The molecule has 0 aliphatic heterocycles. The van der Waals surface area contributed by atoms with Crippen molar-refractivity contribution < 1.29 is 23.8 Å². The second-order valence-corrected chi connectivity index (χ2v) is 7.90. The van der Waals surface area contributed by atoms with E-state index in [1.54, 1.807) is 66.7 Å². The molecule has 3 aromatic carbocycles. The summed E-state index contributed by atoms with van der Waals surface area (Å²) in [5.41, 5.74) is 1.72. The fourth-order valence-corrected chi connectivity index (χ4v) is 3.71. The minimum Gasteiger partial charge on any atom is -0.496 e. The van der Waals surface area contributed by atoms with Crippen molar-refractivity contribution >= 4 is 23.2 Å². The highest BCUT2D eigenvalue weighted by Gasteiger charge is 2.17. The molecule has 0 atom stereocenters. The van der Waals surface area contributed by atoms with Crippen LogP contribution in [-0.4, -0.2) is 57.2 Å². The van der Waals surface area contributed by atoms with Gasteiger partial charge in [-0.3, -0.25) is 9.59 Å². The Morgan fingerprint density at radius 2 is 1.31 bits per heavy atom. The summed E-state index contributed by atoms with van der Waals surface area (Å²) in [4.78, 5) is 28.2. The fraction of sp³-hybridized carbons (Fsp3) is 0.286. The van der Waals surface area contributed by atoms with Gasteiger partial charge in [-0.05, 0) is 55.6 Å². The molecular weight excluding hydrogens is 458 g/mol. The number of para-hydroxylation sites is 2. The third kappa shape index (κ3) is 6.76. The zero-order chi connectivity index (χ0) is 25.9. The molecule has 0 bridgehead atoms. The summed E-state index contributed by atoms with van der Waals surface area (Å²) >= 11 is 0. The highest BCUT2D eigenvalue weighted by atomic mass is 16.5. The third-order valence-corrected chi connectivity index (χ3v) is 5.75. The first-order valence-electron chi connectivity index (χ1n) is 11.9. The SMILES string of the molecule is CCN(CC)CCOc1ccc(NC(=O)c2ccccc2OC)cc1NC(=O)c1ccccc1OC. The molecule has 2 amide bonds. The van der Waals surface area contributed by atoms with E-state index in [4.69, 9.17) is 14.2 Å². The summed E-state index contributed by atoms with van der Waals surface area (Å²) < 4.78 is 16.7. The Kier molecular flexibility index (Phi) is 9.71. The van der Waals surface area contributed by atoms with E-state index in [1.807, 2.05) is 0 Å². The third-order valence-electron chi connectivity index (χ3n) is 5.75. The monoisotopic (exact) mass is 491 g/mol. The summed E-state index contributed by atoms with van der Waals surface area (Å²) in [6, 6.07) is 19.1. The Morgan fingerprint density at radius 1 is 0.750 bits per heavy atom. The van der Waals surface area contributed by atoms with Crippen LogP contribution in [0.4, 0.5) is 11.4 Å². The van der Waals surface area contributed by atoms with E-state index in [1.165, 1.54) is 14.2 Å². The normalized spacial score (nSPS) is 10.6. The van der Waals surface area contributed by atoms with Gasteiger partial charge in [-0.2, -0.15) is 0 Å². The molecule has 0 saturated heterocycles. The average Bonchev–Trinajstić information content (AvgIpc) is 2.92. The van der Waals surface area contributed by atoms with Crippen LogP contribution in [-0.2, 0) is 0 Å². The smallest absolute Gasteiger partial charge is 0.259 e. The molecule has 0 spiro atoms. The number of anilines is 2. The minimum atomic E-state index is -0.353. The molecule has 0 heterocycles. The van der Waals surface area contributed by atoms with E-state index in [2.05, 4.69) is 29.4 Å². The predicted octanol–water partition coefficient (Wildman–Crippen LogP) is 4.93. The number of likely N-dealkylation sites (N-methyl/N-ethyl adjacent to an activating group) is 1. The number of benzene rings is 3. The molecule has 0 aliphatic rings. The van der Waals surface area contributed by atoms with Gasteiger partial charge < -0.3 is 29.7 Å². The minimum absolute atomic E-state index is 0.329. The molecule has 0 aliphatic carbocycles. The molecule has 0 fully saturated rings. The standard InChI is InChI=1S/C28H33N3O5/c1-5-31(6-2)17-18-36-26-16-15-20(29-27(32)21-11-7-9-13-24(21)34-3)19-23(26)30-28(33)22-12-8-10-14-25(22)35-4/h7-16,19H,5-6,17-18H2,1-4H3,(H,29,32)(H,30,33). The summed E-state index contributed by atoms with van der Waals surface area (Å²) in [6.45, 7) is 7.24. The predicted molar refractivity (Wildman–Crippen MR) is 142 cm³/mol. The average molecular weight is 492 g/mol. The zero-order valence-corrected chi connectivity index (χ0v) is 21.2. The number of ether oxygens (including phenoxy) is 3. The van der Waals surface area contributed by atoms with Crippen LogP contribution in [0.2, 0.25) is 0 Å². The van der Waals surface area contributed by atoms with E-state index in [0.717, 1.165) is 19.6 Å². The van der Waals surface area contributed by atoms with Crippen LogP contribution in [0.25, 0.3) is 0 Å². The first-order chi connectivity index (χ1) is 17.5. The van der Waals surface area contributed by atoms with Crippen LogP contribution in [0.1, 0.15) is 34.6 Å². The van der Waals surface area contributed by atoms with Crippen molar-refractivity contribution in [3.8, 4) is 17.2 Å². The van der Waals surface area contributed by atoms with Gasteiger partial charge in [0.1, 0.15) is 23.9 Å². The van der Waals surface area contributed by atoms with E-state index in [9.17, 15) is 9.59 Å². The van der Waals surface area contributed by atoms with Crippen LogP contribution < -0.4 is 24.8 Å². The number of carbonyl (C=O) groups is 2. The Bertz CT molecular complexity index is 1180. The molecule has 3 rings (SSSR count). The van der Waals surface area contributed by atoms with E-state index >= 15 is 0 Å². The number of carbonyl (C=O) groups excluding carboxylic acids is 2. The highest BCUT2D eigenvalue weighted by Crippen LogP contribution is 2.30. The van der Waals surface area contributed by atoms with Gasteiger partial charge in [-0.1, -0.05) is 38.1 Å². The molecule has 190 valence electrons. The van der Waals surface area contributed by atoms with E-state index in [-0.39, 0.29) is 11.8 Å². The van der Waals surface area contributed by atoms with Crippen LogP contribution in [0, 0.1) is 0 Å². The highest BCUT2D eigenvalue weighted by molar-refractivity contribution is 6.08. The topological polar surface area (TPSA) is 89.1 Å². The molecule has 0 aromatic heterocycles. The lowest BCUT2D eigenvalue weighted by molar-refractivity contribution is 0.101. The second kappa shape index (κ2) is 13.2. The van der Waals surface area contributed by atoms with Gasteiger partial charge in [0.25, 0.3) is 11.8 Å². The second-order valence-electron chi connectivity index (χ2n) is 7.90. The number of hydrogen-bond donors (Lipinski definition) is 2. The van der Waals surface area contributed by atoms with Gasteiger partial charge in [0.05, 0.1) is 31.0 Å². The van der Waals surface area contributed by atoms with Crippen LogP contribution >= 0.6 is 0 Å². The number of hydrogen-bond acceptors (Lipinski definition) is 6. The first kappa shape index (κ1) is 26.6. The first-order valence-corrected chi connectivity index (χ1v) is 11.9. The van der Waals surface area contributed by atoms with Gasteiger partial charge in [0.15, 0.2) is 0 Å². The van der Waals surface area contributed by atoms with Gasteiger partial charge in [0.2, 0.25) is 0 Å². The van der Waals surface area contributed by atoms with E-state index < -0.39 is 0 Å². The van der Waals surface area contributed by atoms with Crippen molar-refractivity contribution in [2.24, 2.45) is 0 Å². The maximum atomic E-state index is 13.1. The number of methoxy groups -OCH3 is 2. The lowest BCUT2D eigenvalue weighted by atomic mass is 10.1. The maximum Gasteiger partial charge on any atom is 0.259 e. The van der Waals surface area contributed by atoms with Crippen molar-refractivity contribution in [3.05, 3.63) is 77.9 Å². The zero-order valence-electron chi connectivity index (χ0n) is 21.2. The van der Waals surface area contributed by atoms with Crippen LogP contribution in [0.3, 0.4) is 0 Å². The number of amides is 2. The quantitative estimate of drug-likeness (QED) is 0.374. The Morgan fingerprint density at radius 3 is 1.86 bits per heavy atom. The van der Waals surface area contributed by atoms with Crippen molar-refractivity contribution in [3.63, 3.8) is 0 Å². The van der Waals surface area contributed by atoms with Gasteiger partial charge in [-0.15, -0.1) is 0 Å². The van der Waals surface area contributed by atoms with Crippen molar-refractivity contribution in [2.75, 3.05) is 51.1 Å². The summed E-state index contributed by atoms with van der Waals surface area (Å²) in [7, 11) is 3.03. The molecule has 8 heteroatoms. The molecule has 3 aromatic rings. The summed E-state index contributed by atoms with van der Waals surface area (Å²) in [5.74, 6) is 0.746. The molecular formula is C28H33N3O5. The Hall–Kier alpha value is -4.04. The molecule has 0 saturated carbocycles. The van der Waals surface area contributed by atoms with Gasteiger partial charge >= 0.3 is 0 Å². The van der Waals surface area contributed by atoms with Crippen molar-refractivity contribution in [2.45, 2.75) is 13.8 Å². The van der Waals surface area contributed by atoms with Crippen molar-refractivity contribution in [1.29, 1.82) is 0 Å². The molecule has 0 unspecified atom stereocenters. The molecule has 0 radical (unpaired) electrons. The lowest BCUT2D eigenvalue weighted by Crippen LogP contribution is -2.28. The number of rotatable bonds is 12.